The van der Waals surface area contributed by atoms with E-state index in [4.69, 9.17) is 5.32 Å². The summed E-state index contributed by atoms with van der Waals surface area (Å²) < 4.78 is 0. The third-order valence-electron chi connectivity index (χ3n) is 3.98. The lowest BCUT2D eigenvalue weighted by atomic mass is 9.89. The van der Waals surface area contributed by atoms with E-state index in [0.29, 0.717) is 5.92 Å². The number of hydrogen-bond donors (Lipinski definition) is 0. The van der Waals surface area contributed by atoms with Crippen LogP contribution in [0.3, 0.4) is 0 Å². The first kappa shape index (κ1) is 9.95. The zero-order valence-electron chi connectivity index (χ0n) is 10.1. The molecule has 1 unspecified atom stereocenters. The summed E-state index contributed by atoms with van der Waals surface area (Å²) in [6.07, 6.45) is 2.32. The minimum absolute atomic E-state index is 0.536. The second-order valence-electron chi connectivity index (χ2n) is 4.99. The fourth-order valence-corrected chi connectivity index (χ4v) is 3.18. The Bertz CT molecular complexity index is 625. The van der Waals surface area contributed by atoms with E-state index in [1.165, 1.54) is 28.8 Å². The van der Waals surface area contributed by atoms with Gasteiger partial charge in [-0.05, 0) is 30.0 Å². The van der Waals surface area contributed by atoms with Crippen LogP contribution in [0.25, 0.3) is 5.57 Å². The first-order valence-corrected chi connectivity index (χ1v) is 6.52. The third kappa shape index (κ3) is 1.34. The molecule has 0 spiro atoms. The minimum Gasteiger partial charge on any atom is -0.252 e. The monoisotopic (exact) mass is 232 g/mol. The molecule has 2 aromatic rings. The van der Waals surface area contributed by atoms with Crippen molar-refractivity contribution in [2.24, 2.45) is 0 Å². The Kier molecular flexibility index (Phi) is 2.07. The summed E-state index contributed by atoms with van der Waals surface area (Å²) in [4.78, 5) is 0. The Labute approximate surface area is 107 Å². The second-order valence-corrected chi connectivity index (χ2v) is 4.99. The van der Waals surface area contributed by atoms with Crippen LogP contribution < -0.4 is 5.32 Å². The van der Waals surface area contributed by atoms with Gasteiger partial charge in [-0.3, -0.25) is 5.32 Å². The van der Waals surface area contributed by atoms with Gasteiger partial charge in [-0.2, -0.15) is 0 Å². The molecule has 0 fully saturated rings. The van der Waals surface area contributed by atoms with Crippen LogP contribution in [0.15, 0.2) is 60.3 Å². The van der Waals surface area contributed by atoms with E-state index in [1.807, 2.05) is 0 Å². The molecular weight excluding hydrogens is 218 g/mol. The van der Waals surface area contributed by atoms with Crippen molar-refractivity contribution in [3.05, 3.63) is 71.4 Å². The van der Waals surface area contributed by atoms with E-state index in [0.717, 1.165) is 12.1 Å². The molecule has 1 heteroatoms. The lowest BCUT2D eigenvalue weighted by Crippen LogP contribution is -1.97. The van der Waals surface area contributed by atoms with Gasteiger partial charge in [0.1, 0.15) is 0 Å². The zero-order chi connectivity index (χ0) is 11.9. The first-order valence-electron chi connectivity index (χ1n) is 6.52. The highest BCUT2D eigenvalue weighted by atomic mass is 14.9. The van der Waals surface area contributed by atoms with Gasteiger partial charge in [0.25, 0.3) is 0 Å². The number of fused-ring (bicyclic) bond motifs is 2. The molecule has 1 nitrogen and oxygen atoms in total. The summed E-state index contributed by atoms with van der Waals surface area (Å²) >= 11 is 0. The summed E-state index contributed by atoms with van der Waals surface area (Å²) in [5, 5.41) is 4.77. The lowest BCUT2D eigenvalue weighted by molar-refractivity contribution is 0.779. The molecule has 18 heavy (non-hydrogen) atoms. The Morgan fingerprint density at radius 1 is 0.889 bits per heavy atom. The van der Waals surface area contributed by atoms with E-state index in [1.54, 1.807) is 0 Å². The van der Waals surface area contributed by atoms with Gasteiger partial charge in [0.2, 0.25) is 0 Å². The largest absolute Gasteiger partial charge is 0.252 e. The van der Waals surface area contributed by atoms with Gasteiger partial charge in [-0.15, -0.1) is 0 Å². The molecule has 2 aliphatic rings. The predicted octanol–water partition coefficient (Wildman–Crippen LogP) is 4.22. The molecule has 87 valence electrons. The van der Waals surface area contributed by atoms with E-state index >= 15 is 0 Å². The highest BCUT2D eigenvalue weighted by molar-refractivity contribution is 5.86. The topological polar surface area (TPSA) is 14.1 Å². The summed E-state index contributed by atoms with van der Waals surface area (Å²) in [5.74, 6) is 0.536. The van der Waals surface area contributed by atoms with Gasteiger partial charge < -0.3 is 0 Å². The number of hydrogen-bond acceptors (Lipinski definition) is 0. The molecule has 1 radical (unpaired) electrons. The average molecular weight is 232 g/mol. The van der Waals surface area contributed by atoms with Crippen molar-refractivity contribution in [1.29, 1.82) is 0 Å². The Morgan fingerprint density at radius 2 is 1.67 bits per heavy atom. The molecule has 1 heterocycles. The maximum Gasteiger partial charge on any atom is 0.0709 e. The van der Waals surface area contributed by atoms with Crippen molar-refractivity contribution in [3.8, 4) is 0 Å². The second kappa shape index (κ2) is 3.74. The maximum atomic E-state index is 4.77. The molecule has 0 saturated heterocycles. The molecule has 0 amide bonds. The maximum absolute atomic E-state index is 4.77. The van der Waals surface area contributed by atoms with Gasteiger partial charge in [-0.1, -0.05) is 48.5 Å². The molecular formula is C17H14N. The summed E-state index contributed by atoms with van der Waals surface area (Å²) in [5.41, 5.74) is 6.71. The van der Waals surface area contributed by atoms with Crippen molar-refractivity contribution in [3.63, 3.8) is 0 Å². The van der Waals surface area contributed by atoms with E-state index < -0.39 is 0 Å². The number of allylic oxidation sites excluding steroid dienone is 2. The van der Waals surface area contributed by atoms with Gasteiger partial charge in [0.05, 0.1) is 5.69 Å². The number of para-hydroxylation sites is 1. The van der Waals surface area contributed by atoms with Crippen LogP contribution in [0, 0.1) is 0 Å². The summed E-state index contributed by atoms with van der Waals surface area (Å²) in [6.45, 7) is 0. The summed E-state index contributed by atoms with van der Waals surface area (Å²) in [7, 11) is 0. The molecule has 2 aromatic carbocycles. The van der Waals surface area contributed by atoms with Crippen molar-refractivity contribution >= 4 is 11.3 Å². The van der Waals surface area contributed by atoms with Gasteiger partial charge in [0.15, 0.2) is 0 Å². The average Bonchev–Trinajstić information content (AvgIpc) is 2.98. The molecule has 1 aliphatic carbocycles. The highest BCUT2D eigenvalue weighted by Gasteiger charge is 2.34. The molecule has 1 atom stereocenters. The van der Waals surface area contributed by atoms with E-state index in [2.05, 4.69) is 54.6 Å². The molecule has 0 saturated carbocycles. The molecule has 0 N–H and O–H groups in total. The first-order chi connectivity index (χ1) is 8.93. The van der Waals surface area contributed by atoms with Gasteiger partial charge >= 0.3 is 0 Å². The number of rotatable bonds is 1. The van der Waals surface area contributed by atoms with Crippen LogP contribution in [0.2, 0.25) is 0 Å². The Balaban J connectivity index is 1.82. The van der Waals surface area contributed by atoms with Gasteiger partial charge in [0, 0.05) is 17.2 Å². The summed E-state index contributed by atoms with van der Waals surface area (Å²) in [6, 6.07) is 19.3. The van der Waals surface area contributed by atoms with Crippen molar-refractivity contribution in [2.75, 3.05) is 0 Å². The smallest absolute Gasteiger partial charge is 0.0709 e. The van der Waals surface area contributed by atoms with Crippen molar-refractivity contribution in [2.45, 2.75) is 18.8 Å². The molecule has 0 bridgehead atoms. The SMILES string of the molecule is c1ccc(C2CCC3=C2c2ccccc2[N]3)cc1. The van der Waals surface area contributed by atoms with Crippen LogP contribution in [-0.4, -0.2) is 0 Å². The quantitative estimate of drug-likeness (QED) is 0.698. The lowest BCUT2D eigenvalue weighted by Gasteiger charge is -2.14. The molecule has 1 aliphatic heterocycles. The van der Waals surface area contributed by atoms with Crippen molar-refractivity contribution < 1.29 is 0 Å². The number of nitrogens with zero attached hydrogens (tertiary/aromatic N) is 1. The standard InChI is InChI=1S/C17H14N/c1-2-6-12(7-3-1)13-10-11-16-17(13)14-8-4-5-9-15(14)18-16/h1-9,13H,10-11H2. The van der Waals surface area contributed by atoms with Crippen LogP contribution in [-0.2, 0) is 0 Å². The predicted molar refractivity (Wildman–Crippen MR) is 73.6 cm³/mol. The normalized spacial score (nSPS) is 20.6. The Morgan fingerprint density at radius 3 is 2.56 bits per heavy atom. The van der Waals surface area contributed by atoms with Crippen LogP contribution >= 0.6 is 0 Å². The molecule has 0 aromatic heterocycles. The fourth-order valence-electron chi connectivity index (χ4n) is 3.18. The third-order valence-corrected chi connectivity index (χ3v) is 3.98. The number of benzene rings is 2. The van der Waals surface area contributed by atoms with Gasteiger partial charge in [-0.25, -0.2) is 0 Å². The zero-order valence-corrected chi connectivity index (χ0v) is 10.1. The van der Waals surface area contributed by atoms with Crippen LogP contribution in [0.5, 0.6) is 0 Å². The van der Waals surface area contributed by atoms with E-state index in [-0.39, 0.29) is 0 Å². The fraction of sp³-hybridized carbons (Fsp3) is 0.176. The molecule has 4 rings (SSSR count). The van der Waals surface area contributed by atoms with Crippen molar-refractivity contribution in [1.82, 2.24) is 5.32 Å². The van der Waals surface area contributed by atoms with Crippen LogP contribution in [0.1, 0.15) is 29.9 Å². The minimum atomic E-state index is 0.536. The Hall–Kier alpha value is -2.02. The highest BCUT2D eigenvalue weighted by Crippen LogP contribution is 2.50. The van der Waals surface area contributed by atoms with Crippen LogP contribution in [0.4, 0.5) is 5.69 Å². The van der Waals surface area contributed by atoms with E-state index in [9.17, 15) is 0 Å².